The van der Waals surface area contributed by atoms with Crippen LogP contribution in [0.3, 0.4) is 0 Å². The Morgan fingerprint density at radius 2 is 1.77 bits per heavy atom. The number of ether oxygens (including phenoxy) is 1. The third-order valence-corrected chi connectivity index (χ3v) is 3.18. The highest BCUT2D eigenvalue weighted by molar-refractivity contribution is 5.93. The Kier molecular flexibility index (Phi) is 5.65. The van der Waals surface area contributed by atoms with Crippen LogP contribution in [0, 0.1) is 5.41 Å². The number of allylic oxidation sites excluding steroid dienone is 1. The molecule has 5 nitrogen and oxygen atoms in total. The Hall–Kier alpha value is -1.52. The van der Waals surface area contributed by atoms with E-state index < -0.39 is 11.7 Å². The van der Waals surface area contributed by atoms with E-state index in [1.165, 1.54) is 0 Å². The zero-order valence-electron chi connectivity index (χ0n) is 14.9. The summed E-state index contributed by atoms with van der Waals surface area (Å²) in [4.78, 5) is 26.0. The summed E-state index contributed by atoms with van der Waals surface area (Å²) in [6.07, 6.45) is 2.33. The van der Waals surface area contributed by atoms with Crippen LogP contribution >= 0.6 is 0 Å². The van der Waals surface area contributed by atoms with Gasteiger partial charge in [-0.3, -0.25) is 4.79 Å². The molecule has 0 aromatic carbocycles. The largest absolute Gasteiger partial charge is 0.444 e. The zero-order chi connectivity index (χ0) is 17.1. The number of rotatable bonds is 2. The molecular weight excluding hydrogens is 280 g/mol. The molecule has 0 aromatic heterocycles. The molecule has 1 atom stereocenters. The van der Waals surface area contributed by atoms with Gasteiger partial charge in [0.25, 0.3) is 0 Å². The summed E-state index contributed by atoms with van der Waals surface area (Å²) in [6.45, 7) is 14.7. The van der Waals surface area contributed by atoms with Crippen molar-refractivity contribution in [2.24, 2.45) is 5.41 Å². The first-order valence-corrected chi connectivity index (χ1v) is 7.86. The maximum atomic E-state index is 12.4. The minimum atomic E-state index is -0.510. The minimum Gasteiger partial charge on any atom is -0.444 e. The summed E-state index contributed by atoms with van der Waals surface area (Å²) in [6, 6.07) is -0.0405. The van der Waals surface area contributed by atoms with E-state index >= 15 is 0 Å². The van der Waals surface area contributed by atoms with E-state index in [9.17, 15) is 9.59 Å². The van der Waals surface area contributed by atoms with E-state index in [2.05, 4.69) is 26.1 Å². The van der Waals surface area contributed by atoms with Crippen LogP contribution in [0.25, 0.3) is 0 Å². The average molecular weight is 310 g/mol. The van der Waals surface area contributed by atoms with Gasteiger partial charge in [0.05, 0.1) is 6.04 Å². The number of carbonyl (C=O) groups excluding carboxylic acids is 2. The molecule has 0 aliphatic carbocycles. The molecule has 0 bridgehead atoms. The van der Waals surface area contributed by atoms with E-state index in [1.807, 2.05) is 33.8 Å². The van der Waals surface area contributed by atoms with Gasteiger partial charge in [0.2, 0.25) is 5.91 Å². The van der Waals surface area contributed by atoms with Gasteiger partial charge in [-0.15, -0.1) is 0 Å². The third-order valence-electron chi connectivity index (χ3n) is 3.18. The van der Waals surface area contributed by atoms with Gasteiger partial charge in [-0.25, -0.2) is 4.79 Å². The van der Waals surface area contributed by atoms with Crippen molar-refractivity contribution in [1.29, 1.82) is 0 Å². The van der Waals surface area contributed by atoms with Gasteiger partial charge in [-0.1, -0.05) is 26.8 Å². The summed E-state index contributed by atoms with van der Waals surface area (Å²) < 4.78 is 5.24. The van der Waals surface area contributed by atoms with Crippen molar-refractivity contribution < 1.29 is 14.3 Å². The molecule has 1 saturated heterocycles. The van der Waals surface area contributed by atoms with E-state index in [0.717, 1.165) is 12.0 Å². The third kappa shape index (κ3) is 6.50. The Balaban J connectivity index is 2.54. The molecule has 0 unspecified atom stereocenters. The molecule has 1 aliphatic heterocycles. The molecule has 1 N–H and O–H groups in total. The summed E-state index contributed by atoms with van der Waals surface area (Å²) in [5.41, 5.74) is 0.225. The van der Waals surface area contributed by atoms with Gasteiger partial charge in [0.15, 0.2) is 0 Å². The van der Waals surface area contributed by atoms with Gasteiger partial charge in [0, 0.05) is 18.7 Å². The van der Waals surface area contributed by atoms with E-state index in [4.69, 9.17) is 4.74 Å². The smallest absolute Gasteiger partial charge is 0.407 e. The first-order valence-electron chi connectivity index (χ1n) is 7.86. The molecule has 0 saturated carbocycles. The second-order valence-corrected chi connectivity index (χ2v) is 8.08. The maximum absolute atomic E-state index is 12.4. The fourth-order valence-corrected chi connectivity index (χ4v) is 2.50. The van der Waals surface area contributed by atoms with Crippen molar-refractivity contribution in [3.05, 3.63) is 11.6 Å². The van der Waals surface area contributed by atoms with Crippen LogP contribution in [0.2, 0.25) is 0 Å². The molecule has 0 radical (unpaired) electrons. The molecule has 22 heavy (non-hydrogen) atoms. The van der Waals surface area contributed by atoms with Crippen molar-refractivity contribution >= 4 is 12.0 Å². The van der Waals surface area contributed by atoms with Crippen LogP contribution in [0.4, 0.5) is 4.79 Å². The number of amides is 2. The maximum Gasteiger partial charge on any atom is 0.407 e. The number of likely N-dealkylation sites (tertiary alicyclic amines) is 1. The predicted molar refractivity (Wildman–Crippen MR) is 87.6 cm³/mol. The summed E-state index contributed by atoms with van der Waals surface area (Å²) in [5, 5.41) is 2.83. The summed E-state index contributed by atoms with van der Waals surface area (Å²) in [5.74, 6) is 0.0448. The van der Waals surface area contributed by atoms with E-state index in [0.29, 0.717) is 13.1 Å². The van der Waals surface area contributed by atoms with Crippen LogP contribution < -0.4 is 5.32 Å². The number of hydrogen-bond donors (Lipinski definition) is 1. The van der Waals surface area contributed by atoms with Gasteiger partial charge < -0.3 is 15.0 Å². The second-order valence-electron chi connectivity index (χ2n) is 8.08. The highest BCUT2D eigenvalue weighted by atomic mass is 16.6. The molecule has 126 valence electrons. The van der Waals surface area contributed by atoms with Gasteiger partial charge in [-0.2, -0.15) is 0 Å². The van der Waals surface area contributed by atoms with E-state index in [1.54, 1.807) is 4.90 Å². The molecular formula is C17H30N2O3. The number of nitrogens with one attached hydrogen (secondary N) is 1. The highest BCUT2D eigenvalue weighted by Crippen LogP contribution is 2.20. The van der Waals surface area contributed by atoms with Crippen LogP contribution in [-0.4, -0.2) is 41.6 Å². The van der Waals surface area contributed by atoms with Crippen molar-refractivity contribution in [1.82, 2.24) is 10.2 Å². The minimum absolute atomic E-state index is 0.0202. The Morgan fingerprint density at radius 1 is 1.18 bits per heavy atom. The normalized spacial score (nSPS) is 20.0. The van der Waals surface area contributed by atoms with Crippen LogP contribution in [0.5, 0.6) is 0 Å². The zero-order valence-corrected chi connectivity index (χ0v) is 14.9. The van der Waals surface area contributed by atoms with Crippen molar-refractivity contribution in [2.45, 2.75) is 66.5 Å². The first kappa shape index (κ1) is 18.5. The molecule has 5 heteroatoms. The average Bonchev–Trinajstić information content (AvgIpc) is 2.71. The molecule has 1 aliphatic rings. The predicted octanol–water partition coefficient (Wildman–Crippen LogP) is 3.10. The quantitative estimate of drug-likeness (QED) is 0.797. The lowest BCUT2D eigenvalue weighted by molar-refractivity contribution is -0.126. The molecule has 1 rings (SSSR count). The van der Waals surface area contributed by atoms with Crippen LogP contribution in [0.1, 0.15) is 54.9 Å². The molecule has 1 heterocycles. The number of nitrogens with zero attached hydrogens (tertiary/aromatic N) is 1. The Bertz CT molecular complexity index is 456. The lowest BCUT2D eigenvalue weighted by atomic mass is 9.93. The highest BCUT2D eigenvalue weighted by Gasteiger charge is 2.29. The fraction of sp³-hybridized carbons (Fsp3) is 0.765. The molecule has 0 aromatic rings. The molecule has 1 fully saturated rings. The van der Waals surface area contributed by atoms with Gasteiger partial charge in [-0.05, 0) is 39.5 Å². The standard InChI is InChI=1S/C17H30N2O3/c1-12(10-16(2,3)4)14(20)19-9-8-13(11-19)18-15(21)22-17(5,6)7/h10,13H,8-9,11H2,1-7H3,(H,18,21)/b12-10-/t13-/m0/s1. The monoisotopic (exact) mass is 310 g/mol. The van der Waals surface area contributed by atoms with Crippen molar-refractivity contribution in [2.75, 3.05) is 13.1 Å². The second kappa shape index (κ2) is 6.71. The van der Waals surface area contributed by atoms with Crippen molar-refractivity contribution in [3.8, 4) is 0 Å². The summed E-state index contributed by atoms with van der Waals surface area (Å²) >= 11 is 0. The van der Waals surface area contributed by atoms with E-state index in [-0.39, 0.29) is 17.4 Å². The van der Waals surface area contributed by atoms with Gasteiger partial charge in [0.1, 0.15) is 5.60 Å². The topological polar surface area (TPSA) is 58.6 Å². The lowest BCUT2D eigenvalue weighted by Crippen LogP contribution is -2.41. The number of alkyl carbamates (subject to hydrolysis) is 1. The Labute approximate surface area is 134 Å². The van der Waals surface area contributed by atoms with Crippen molar-refractivity contribution in [3.63, 3.8) is 0 Å². The molecule has 2 amide bonds. The Morgan fingerprint density at radius 3 is 2.27 bits per heavy atom. The number of carbonyl (C=O) groups is 2. The first-order chi connectivity index (χ1) is 9.87. The number of hydrogen-bond acceptors (Lipinski definition) is 3. The summed E-state index contributed by atoms with van der Waals surface area (Å²) in [7, 11) is 0. The SMILES string of the molecule is C/C(=C/C(C)(C)C)C(=O)N1CC[C@H](NC(=O)OC(C)(C)C)C1. The fourth-order valence-electron chi connectivity index (χ4n) is 2.50. The van der Waals surface area contributed by atoms with Gasteiger partial charge >= 0.3 is 6.09 Å². The lowest BCUT2D eigenvalue weighted by Gasteiger charge is -2.22. The van der Waals surface area contributed by atoms with Crippen LogP contribution in [-0.2, 0) is 9.53 Å². The van der Waals surface area contributed by atoms with Crippen LogP contribution in [0.15, 0.2) is 11.6 Å². The molecule has 0 spiro atoms.